The number of ether oxygens (including phenoxy) is 2. The van der Waals surface area contributed by atoms with Crippen LogP contribution in [0.2, 0.25) is 0 Å². The molecule has 4 heterocycles. The number of benzene rings is 1. The third-order valence-corrected chi connectivity index (χ3v) is 6.95. The molecule has 0 bridgehead atoms. The van der Waals surface area contributed by atoms with Gasteiger partial charge in [-0.2, -0.15) is 13.2 Å². The van der Waals surface area contributed by atoms with Crippen LogP contribution in [0.15, 0.2) is 48.9 Å². The molecule has 3 aromatic heterocycles. The van der Waals surface area contributed by atoms with Crippen molar-refractivity contribution in [2.24, 2.45) is 0 Å². The van der Waals surface area contributed by atoms with Crippen molar-refractivity contribution in [3.63, 3.8) is 0 Å². The summed E-state index contributed by atoms with van der Waals surface area (Å²) >= 11 is 0. The van der Waals surface area contributed by atoms with E-state index in [-0.39, 0.29) is 13.1 Å². The van der Waals surface area contributed by atoms with Gasteiger partial charge in [-0.3, -0.25) is 19.7 Å². The maximum atomic E-state index is 12.6. The highest BCUT2D eigenvalue weighted by atomic mass is 19.4. The van der Waals surface area contributed by atoms with Crippen LogP contribution in [0.4, 0.5) is 13.2 Å². The van der Waals surface area contributed by atoms with Gasteiger partial charge in [0.25, 0.3) is 0 Å². The number of rotatable bonds is 9. The Balaban J connectivity index is 1.29. The van der Waals surface area contributed by atoms with Gasteiger partial charge >= 0.3 is 6.18 Å². The Morgan fingerprint density at radius 1 is 1.07 bits per heavy atom. The number of pyridine rings is 2. The number of hydrogen-bond donors (Lipinski definition) is 1. The Bertz CT molecular complexity index is 1520. The van der Waals surface area contributed by atoms with E-state index < -0.39 is 18.5 Å². The quantitative estimate of drug-likeness (QED) is 0.315. The number of piperazine rings is 1. The number of imidazole rings is 1. The van der Waals surface area contributed by atoms with Crippen LogP contribution in [0, 0.1) is 0 Å². The van der Waals surface area contributed by atoms with Crippen molar-refractivity contribution in [2.75, 3.05) is 39.9 Å². The number of carbonyl (C=O) groups is 1. The minimum absolute atomic E-state index is 0.279. The molecule has 1 N–H and O–H groups in total. The minimum atomic E-state index is -4.48. The summed E-state index contributed by atoms with van der Waals surface area (Å²) in [6.45, 7) is 4.59. The largest absolute Gasteiger partial charge is 0.494 e. The highest BCUT2D eigenvalue weighted by Crippen LogP contribution is 2.40. The molecule has 4 aromatic rings. The van der Waals surface area contributed by atoms with E-state index in [1.807, 2.05) is 37.3 Å². The Kier molecular flexibility index (Phi) is 8.39. The maximum Gasteiger partial charge on any atom is 0.397 e. The zero-order valence-corrected chi connectivity index (χ0v) is 22.9. The highest BCUT2D eigenvalue weighted by molar-refractivity contribution is 5.92. The zero-order chi connectivity index (χ0) is 29.0. The first-order valence-corrected chi connectivity index (χ1v) is 13.4. The Morgan fingerprint density at radius 3 is 2.61 bits per heavy atom. The monoisotopic (exact) mass is 568 g/mol. The third kappa shape index (κ3) is 6.76. The van der Waals surface area contributed by atoms with Gasteiger partial charge in [-0.15, -0.1) is 0 Å². The maximum absolute atomic E-state index is 12.6. The molecule has 9 nitrogen and oxygen atoms in total. The zero-order valence-electron chi connectivity index (χ0n) is 22.9. The number of nitrogens with zero attached hydrogens (tertiary/aromatic N) is 5. The van der Waals surface area contributed by atoms with Crippen LogP contribution >= 0.6 is 0 Å². The number of aromatic amines is 1. The molecule has 0 aliphatic carbocycles. The van der Waals surface area contributed by atoms with Gasteiger partial charge in [0, 0.05) is 68.4 Å². The van der Waals surface area contributed by atoms with Crippen LogP contribution in [0.5, 0.6) is 11.5 Å². The number of nitrogens with one attached hydrogen (secondary N) is 1. The van der Waals surface area contributed by atoms with Crippen molar-refractivity contribution < 1.29 is 27.4 Å². The highest BCUT2D eigenvalue weighted by Gasteiger charge is 2.34. The molecular formula is C29H31F3N6O3. The van der Waals surface area contributed by atoms with E-state index in [0.717, 1.165) is 33.7 Å². The number of alkyl halides is 3. The van der Waals surface area contributed by atoms with Gasteiger partial charge in [0.05, 0.1) is 25.4 Å². The number of hydrogen-bond acceptors (Lipinski definition) is 7. The lowest BCUT2D eigenvalue weighted by Gasteiger charge is -2.35. The average Bonchev–Trinajstić information content (AvgIpc) is 3.36. The number of methoxy groups -OCH3 is 1. The average molecular weight is 569 g/mol. The molecule has 1 aliphatic rings. The van der Waals surface area contributed by atoms with Crippen LogP contribution < -0.4 is 9.47 Å². The van der Waals surface area contributed by atoms with E-state index in [1.54, 1.807) is 25.7 Å². The van der Waals surface area contributed by atoms with E-state index in [1.165, 1.54) is 4.90 Å². The summed E-state index contributed by atoms with van der Waals surface area (Å²) < 4.78 is 49.3. The van der Waals surface area contributed by atoms with Gasteiger partial charge in [0.2, 0.25) is 5.91 Å². The van der Waals surface area contributed by atoms with Crippen molar-refractivity contribution >= 4 is 16.9 Å². The molecule has 12 heteroatoms. The summed E-state index contributed by atoms with van der Waals surface area (Å²) in [4.78, 5) is 32.2. The Hall–Kier alpha value is -4.19. The summed E-state index contributed by atoms with van der Waals surface area (Å²) in [6, 6.07) is 9.75. The lowest BCUT2D eigenvalue weighted by Crippen LogP contribution is -2.49. The fourth-order valence-corrected chi connectivity index (χ4v) is 5.04. The van der Waals surface area contributed by atoms with Crippen molar-refractivity contribution in [2.45, 2.75) is 32.5 Å². The molecule has 0 spiro atoms. The first kappa shape index (κ1) is 28.3. The predicted molar refractivity (Wildman–Crippen MR) is 147 cm³/mol. The minimum Gasteiger partial charge on any atom is -0.494 e. The second kappa shape index (κ2) is 12.1. The standard InChI is InChI=1S/C29H31F3N6O3/c1-3-41-28-22(21-7-8-33-17-24(21)40-2)4-5-23-27(28)36-25(35-23)15-20-14-19(6-9-34-20)18-37-10-12-38(13-11-37)26(39)16-29(30,31)32/h4-9,14,17H,3,10-13,15-16,18H2,1-2H3,(H,35,36). The van der Waals surface area contributed by atoms with Gasteiger partial charge in [-0.25, -0.2) is 4.98 Å². The van der Waals surface area contributed by atoms with Crippen LogP contribution in [-0.2, 0) is 17.8 Å². The van der Waals surface area contributed by atoms with Gasteiger partial charge in [0.15, 0.2) is 5.75 Å². The van der Waals surface area contributed by atoms with E-state index >= 15 is 0 Å². The van der Waals surface area contributed by atoms with Crippen molar-refractivity contribution in [1.29, 1.82) is 0 Å². The lowest BCUT2D eigenvalue weighted by molar-refractivity contribution is -0.162. The fourth-order valence-electron chi connectivity index (χ4n) is 5.04. The first-order chi connectivity index (χ1) is 19.7. The molecule has 0 unspecified atom stereocenters. The smallest absolute Gasteiger partial charge is 0.397 e. The third-order valence-electron chi connectivity index (χ3n) is 6.95. The number of H-pyrrole nitrogens is 1. The molecule has 1 aromatic carbocycles. The normalized spacial score (nSPS) is 14.4. The molecule has 41 heavy (non-hydrogen) atoms. The SMILES string of the molecule is CCOc1c(-c2ccncc2OC)ccc2[nH]c(Cc3cc(CN4CCN(C(=O)CC(F)(F)F)CC4)ccn3)nc12. The summed E-state index contributed by atoms with van der Waals surface area (Å²) in [5.74, 6) is 1.17. The number of amides is 1. The molecule has 0 atom stereocenters. The van der Waals surface area contributed by atoms with Crippen molar-refractivity contribution in [3.05, 3.63) is 66.0 Å². The van der Waals surface area contributed by atoms with E-state index in [2.05, 4.69) is 19.9 Å². The molecule has 1 fully saturated rings. The predicted octanol–water partition coefficient (Wildman–Crippen LogP) is 4.61. The molecule has 0 saturated carbocycles. The molecule has 0 radical (unpaired) electrons. The van der Waals surface area contributed by atoms with Gasteiger partial charge in [-0.1, -0.05) is 0 Å². The number of carbonyl (C=O) groups excluding carboxylic acids is 1. The van der Waals surface area contributed by atoms with E-state index in [0.29, 0.717) is 49.7 Å². The fraction of sp³-hybridized carbons (Fsp3) is 0.379. The number of fused-ring (bicyclic) bond motifs is 1. The van der Waals surface area contributed by atoms with Crippen LogP contribution in [0.3, 0.4) is 0 Å². The molecular weight excluding hydrogens is 537 g/mol. The Morgan fingerprint density at radius 2 is 1.88 bits per heavy atom. The summed E-state index contributed by atoms with van der Waals surface area (Å²) in [5.41, 5.74) is 5.13. The summed E-state index contributed by atoms with van der Waals surface area (Å²) in [6.07, 6.45) is -0.302. The molecule has 216 valence electrons. The first-order valence-electron chi connectivity index (χ1n) is 13.4. The van der Waals surface area contributed by atoms with Crippen molar-refractivity contribution in [3.8, 4) is 22.6 Å². The van der Waals surface area contributed by atoms with E-state index in [9.17, 15) is 18.0 Å². The van der Waals surface area contributed by atoms with Crippen LogP contribution in [0.25, 0.3) is 22.2 Å². The van der Waals surface area contributed by atoms with Gasteiger partial charge in [-0.05, 0) is 42.8 Å². The Labute approximate surface area is 235 Å². The van der Waals surface area contributed by atoms with Gasteiger partial charge in [0.1, 0.15) is 23.5 Å². The van der Waals surface area contributed by atoms with Gasteiger partial charge < -0.3 is 19.4 Å². The molecule has 1 aliphatic heterocycles. The molecule has 1 amide bonds. The van der Waals surface area contributed by atoms with Crippen molar-refractivity contribution in [1.82, 2.24) is 29.7 Å². The second-order valence-corrected chi connectivity index (χ2v) is 9.81. The topological polar surface area (TPSA) is 96.5 Å². The number of halogens is 3. The van der Waals surface area contributed by atoms with Crippen LogP contribution in [0.1, 0.15) is 30.4 Å². The summed E-state index contributed by atoms with van der Waals surface area (Å²) in [7, 11) is 1.60. The van der Waals surface area contributed by atoms with Crippen LogP contribution in [-0.4, -0.2) is 81.7 Å². The van der Waals surface area contributed by atoms with E-state index in [4.69, 9.17) is 14.5 Å². The second-order valence-electron chi connectivity index (χ2n) is 9.81. The molecule has 1 saturated heterocycles. The molecule has 5 rings (SSSR count). The summed E-state index contributed by atoms with van der Waals surface area (Å²) in [5, 5.41) is 0. The lowest BCUT2D eigenvalue weighted by atomic mass is 10.0. The number of aromatic nitrogens is 4.